The molecule has 1 aromatic rings. The number of halogens is 1. The first-order valence-corrected chi connectivity index (χ1v) is 6.94. The van der Waals surface area contributed by atoms with Gasteiger partial charge in [0, 0.05) is 16.9 Å². The summed E-state index contributed by atoms with van der Waals surface area (Å²) in [6, 6.07) is 6.25. The van der Waals surface area contributed by atoms with Crippen molar-refractivity contribution in [1.82, 2.24) is 4.72 Å². The third kappa shape index (κ3) is 3.63. The summed E-state index contributed by atoms with van der Waals surface area (Å²) in [4.78, 5) is 0.228. The molecule has 16 heavy (non-hydrogen) atoms. The van der Waals surface area contributed by atoms with Gasteiger partial charge in [-0.3, -0.25) is 0 Å². The Balaban J connectivity index is 2.91. The van der Waals surface area contributed by atoms with Gasteiger partial charge in [0.15, 0.2) is 0 Å². The van der Waals surface area contributed by atoms with Gasteiger partial charge in [-0.25, -0.2) is 13.1 Å². The van der Waals surface area contributed by atoms with E-state index in [-0.39, 0.29) is 10.9 Å². The van der Waals surface area contributed by atoms with Crippen LogP contribution in [0, 0.1) is 12.3 Å². The third-order valence-electron chi connectivity index (χ3n) is 1.89. The SMILES string of the molecule is C#CCC(C)NS(=O)(=O)c1cccc(Br)c1. The fourth-order valence-electron chi connectivity index (χ4n) is 1.19. The molecular weight excluding hydrogens is 290 g/mol. The molecule has 1 atom stereocenters. The first-order chi connectivity index (χ1) is 7.45. The molecule has 0 amide bonds. The van der Waals surface area contributed by atoms with E-state index < -0.39 is 10.0 Å². The second kappa shape index (κ2) is 5.48. The minimum absolute atomic E-state index is 0.228. The molecule has 0 heterocycles. The molecule has 0 aliphatic rings. The van der Waals surface area contributed by atoms with Gasteiger partial charge in [-0.1, -0.05) is 22.0 Å². The van der Waals surface area contributed by atoms with Crippen LogP contribution >= 0.6 is 15.9 Å². The smallest absolute Gasteiger partial charge is 0.207 e. The van der Waals surface area contributed by atoms with Crippen molar-refractivity contribution in [2.45, 2.75) is 24.3 Å². The number of rotatable bonds is 4. The van der Waals surface area contributed by atoms with Crippen molar-refractivity contribution in [1.29, 1.82) is 0 Å². The lowest BCUT2D eigenvalue weighted by atomic mass is 10.3. The average molecular weight is 302 g/mol. The van der Waals surface area contributed by atoms with E-state index in [1.165, 1.54) is 6.07 Å². The van der Waals surface area contributed by atoms with Crippen molar-refractivity contribution < 1.29 is 8.42 Å². The Bertz CT molecular complexity index is 505. The highest BCUT2D eigenvalue weighted by molar-refractivity contribution is 9.10. The van der Waals surface area contributed by atoms with E-state index in [0.717, 1.165) is 4.47 Å². The summed E-state index contributed by atoms with van der Waals surface area (Å²) in [5.74, 6) is 2.42. The summed E-state index contributed by atoms with van der Waals surface area (Å²) in [7, 11) is -3.48. The maximum Gasteiger partial charge on any atom is 0.240 e. The Labute approximate surface area is 104 Å². The third-order valence-corrected chi connectivity index (χ3v) is 3.97. The highest BCUT2D eigenvalue weighted by atomic mass is 79.9. The lowest BCUT2D eigenvalue weighted by molar-refractivity contribution is 0.563. The fourth-order valence-corrected chi connectivity index (χ4v) is 3.03. The molecule has 1 rings (SSSR count). The van der Waals surface area contributed by atoms with Gasteiger partial charge >= 0.3 is 0 Å². The second-order valence-electron chi connectivity index (χ2n) is 3.39. The lowest BCUT2D eigenvalue weighted by Gasteiger charge is -2.11. The Morgan fingerprint density at radius 2 is 2.25 bits per heavy atom. The molecule has 0 spiro atoms. The van der Waals surface area contributed by atoms with Crippen LogP contribution in [0.25, 0.3) is 0 Å². The molecular formula is C11H12BrNO2S. The van der Waals surface area contributed by atoms with Gasteiger partial charge in [-0.2, -0.15) is 0 Å². The molecule has 0 saturated carbocycles. The number of hydrogen-bond acceptors (Lipinski definition) is 2. The van der Waals surface area contributed by atoms with Gasteiger partial charge in [0.1, 0.15) is 0 Å². The van der Waals surface area contributed by atoms with Crippen molar-refractivity contribution in [2.75, 3.05) is 0 Å². The average Bonchev–Trinajstić information content (AvgIpc) is 2.17. The summed E-state index contributed by atoms with van der Waals surface area (Å²) in [5, 5.41) is 0. The van der Waals surface area contributed by atoms with E-state index in [1.807, 2.05) is 0 Å². The largest absolute Gasteiger partial charge is 0.240 e. The van der Waals surface area contributed by atoms with E-state index >= 15 is 0 Å². The molecule has 0 aromatic heterocycles. The molecule has 0 fully saturated rings. The Morgan fingerprint density at radius 1 is 1.56 bits per heavy atom. The maximum absolute atomic E-state index is 11.9. The number of nitrogens with one attached hydrogen (secondary N) is 1. The van der Waals surface area contributed by atoms with Gasteiger partial charge in [0.25, 0.3) is 0 Å². The predicted octanol–water partition coefficient (Wildman–Crippen LogP) is 2.14. The van der Waals surface area contributed by atoms with Gasteiger partial charge in [0.2, 0.25) is 10.0 Å². The summed E-state index contributed by atoms with van der Waals surface area (Å²) < 4.78 is 27.0. The predicted molar refractivity (Wildman–Crippen MR) is 67.4 cm³/mol. The molecule has 0 aliphatic carbocycles. The minimum Gasteiger partial charge on any atom is -0.207 e. The molecule has 0 aliphatic heterocycles. The first kappa shape index (κ1) is 13.2. The van der Waals surface area contributed by atoms with E-state index in [0.29, 0.717) is 6.42 Å². The van der Waals surface area contributed by atoms with E-state index in [9.17, 15) is 8.42 Å². The molecule has 1 aromatic carbocycles. The molecule has 3 nitrogen and oxygen atoms in total. The lowest BCUT2D eigenvalue weighted by Crippen LogP contribution is -2.32. The van der Waals surface area contributed by atoms with Crippen LogP contribution < -0.4 is 4.72 Å². The Kier molecular flexibility index (Phi) is 4.54. The Hall–Kier alpha value is -0.830. The van der Waals surface area contributed by atoms with Crippen LogP contribution in [-0.2, 0) is 10.0 Å². The molecule has 1 unspecified atom stereocenters. The number of terminal acetylenes is 1. The normalized spacial score (nSPS) is 13.1. The summed E-state index contributed by atoms with van der Waals surface area (Å²) in [6.45, 7) is 1.73. The first-order valence-electron chi connectivity index (χ1n) is 4.67. The van der Waals surface area contributed by atoms with Crippen LogP contribution in [0.1, 0.15) is 13.3 Å². The molecule has 5 heteroatoms. The Morgan fingerprint density at radius 3 is 2.81 bits per heavy atom. The standard InChI is InChI=1S/C11H12BrNO2S/c1-3-5-9(2)13-16(14,15)11-7-4-6-10(12)8-11/h1,4,6-9,13H,5H2,2H3. The highest BCUT2D eigenvalue weighted by Gasteiger charge is 2.16. The molecule has 1 N–H and O–H groups in total. The summed E-state index contributed by atoms with van der Waals surface area (Å²) in [5.41, 5.74) is 0. The van der Waals surface area contributed by atoms with E-state index in [2.05, 4.69) is 26.6 Å². The van der Waals surface area contributed by atoms with Crippen molar-refractivity contribution >= 4 is 26.0 Å². The monoisotopic (exact) mass is 301 g/mol. The van der Waals surface area contributed by atoms with Crippen molar-refractivity contribution in [2.24, 2.45) is 0 Å². The fraction of sp³-hybridized carbons (Fsp3) is 0.273. The molecule has 0 radical (unpaired) electrons. The zero-order valence-corrected chi connectivity index (χ0v) is 11.2. The van der Waals surface area contributed by atoms with E-state index in [1.54, 1.807) is 25.1 Å². The van der Waals surface area contributed by atoms with Crippen molar-refractivity contribution in [3.63, 3.8) is 0 Å². The van der Waals surface area contributed by atoms with Crippen LogP contribution in [0.5, 0.6) is 0 Å². The quantitative estimate of drug-likeness (QED) is 0.866. The van der Waals surface area contributed by atoms with Crippen LogP contribution in [0.15, 0.2) is 33.6 Å². The van der Waals surface area contributed by atoms with Gasteiger partial charge in [0.05, 0.1) is 4.90 Å². The molecule has 0 saturated heterocycles. The second-order valence-corrected chi connectivity index (χ2v) is 6.02. The number of benzene rings is 1. The molecule has 86 valence electrons. The minimum atomic E-state index is -3.48. The van der Waals surface area contributed by atoms with Crippen LogP contribution in [0.4, 0.5) is 0 Å². The highest BCUT2D eigenvalue weighted by Crippen LogP contribution is 2.16. The van der Waals surface area contributed by atoms with Gasteiger partial charge in [-0.15, -0.1) is 12.3 Å². The van der Waals surface area contributed by atoms with E-state index in [4.69, 9.17) is 6.42 Å². The number of hydrogen-bond donors (Lipinski definition) is 1. The summed E-state index contributed by atoms with van der Waals surface area (Å²) >= 11 is 3.23. The zero-order valence-electron chi connectivity index (χ0n) is 8.77. The van der Waals surface area contributed by atoms with Crippen LogP contribution in [0.2, 0.25) is 0 Å². The molecule has 0 bridgehead atoms. The van der Waals surface area contributed by atoms with Crippen LogP contribution in [-0.4, -0.2) is 14.5 Å². The van der Waals surface area contributed by atoms with Crippen molar-refractivity contribution in [3.05, 3.63) is 28.7 Å². The van der Waals surface area contributed by atoms with Crippen LogP contribution in [0.3, 0.4) is 0 Å². The summed E-state index contributed by atoms with van der Waals surface area (Å²) in [6.07, 6.45) is 5.49. The maximum atomic E-state index is 11.9. The van der Waals surface area contributed by atoms with Gasteiger partial charge in [-0.05, 0) is 25.1 Å². The topological polar surface area (TPSA) is 46.2 Å². The van der Waals surface area contributed by atoms with Crippen molar-refractivity contribution in [3.8, 4) is 12.3 Å². The number of sulfonamides is 1. The van der Waals surface area contributed by atoms with Gasteiger partial charge < -0.3 is 0 Å². The zero-order chi connectivity index (χ0) is 12.2.